The van der Waals surface area contributed by atoms with Crippen LogP contribution in [0.5, 0.6) is 5.75 Å². The Balaban J connectivity index is 0. The smallest absolute Gasteiger partial charge is 0.135 e. The molecule has 1 aromatic rings. The van der Waals surface area contributed by atoms with E-state index in [0.29, 0.717) is 25.0 Å². The maximum absolute atomic E-state index is 11.2. The molecule has 1 aliphatic heterocycles. The number of aryl methyl sites for hydroxylation is 2. The molecule has 7 nitrogen and oxygen atoms in total. The second-order valence-corrected chi connectivity index (χ2v) is 12.2. The van der Waals surface area contributed by atoms with Crippen molar-refractivity contribution in [3.63, 3.8) is 0 Å². The number of likely N-dealkylation sites (N-methyl/N-ethyl adjacent to an activating group) is 1. The Morgan fingerprint density at radius 3 is 2.02 bits per heavy atom. The van der Waals surface area contributed by atoms with E-state index >= 15 is 0 Å². The lowest BCUT2D eigenvalue weighted by Gasteiger charge is -2.23. The number of hydrogen-bond donors (Lipinski definition) is 1. The zero-order valence-corrected chi connectivity index (χ0v) is 30.4. The first-order valence-electron chi connectivity index (χ1n) is 17.2. The summed E-state index contributed by atoms with van der Waals surface area (Å²) in [7, 11) is 2.18. The van der Waals surface area contributed by atoms with Gasteiger partial charge in [-0.05, 0) is 96.8 Å². The minimum Gasteiger partial charge on any atom is -0.492 e. The molecule has 1 aromatic carbocycles. The minimum absolute atomic E-state index is 0.0637. The van der Waals surface area contributed by atoms with Gasteiger partial charge in [0, 0.05) is 57.9 Å². The largest absolute Gasteiger partial charge is 0.492 e. The van der Waals surface area contributed by atoms with Crippen LogP contribution in [-0.2, 0) is 14.4 Å². The van der Waals surface area contributed by atoms with Gasteiger partial charge < -0.3 is 29.4 Å². The van der Waals surface area contributed by atoms with E-state index in [0.717, 1.165) is 64.3 Å². The molecule has 0 bridgehead atoms. The Labute approximate surface area is 271 Å². The molecule has 0 aromatic heterocycles. The Bertz CT molecular complexity index is 864. The van der Waals surface area contributed by atoms with Crippen molar-refractivity contribution < 1.29 is 19.1 Å². The van der Waals surface area contributed by atoms with Crippen molar-refractivity contribution in [2.45, 2.75) is 120 Å². The molecule has 256 valence electrons. The molecule has 0 amide bonds. The van der Waals surface area contributed by atoms with Gasteiger partial charge in [0.2, 0.25) is 0 Å². The van der Waals surface area contributed by atoms with E-state index in [1.165, 1.54) is 43.5 Å². The van der Waals surface area contributed by atoms with Crippen LogP contribution in [-0.4, -0.2) is 86.6 Å². The van der Waals surface area contributed by atoms with Gasteiger partial charge in [-0.15, -0.1) is 0 Å². The summed E-state index contributed by atoms with van der Waals surface area (Å²) in [4.78, 5) is 36.8. The summed E-state index contributed by atoms with van der Waals surface area (Å²) in [6.07, 6.45) is 8.43. The summed E-state index contributed by atoms with van der Waals surface area (Å²) in [5.74, 6) is 1.80. The molecule has 44 heavy (non-hydrogen) atoms. The molecule has 0 radical (unpaired) electrons. The third-order valence-corrected chi connectivity index (χ3v) is 7.53. The Morgan fingerprint density at radius 1 is 0.864 bits per heavy atom. The molecule has 1 fully saturated rings. The molecule has 0 aliphatic carbocycles. The van der Waals surface area contributed by atoms with Gasteiger partial charge in [0.05, 0.1) is 0 Å². The molecule has 0 saturated carbocycles. The summed E-state index contributed by atoms with van der Waals surface area (Å²) < 4.78 is 5.86. The normalized spacial score (nSPS) is 13.6. The molecule has 1 saturated heterocycles. The lowest BCUT2D eigenvalue weighted by molar-refractivity contribution is -0.123. The van der Waals surface area contributed by atoms with Crippen LogP contribution in [0.4, 0.5) is 0 Å². The van der Waals surface area contributed by atoms with Crippen molar-refractivity contribution >= 4 is 17.3 Å². The van der Waals surface area contributed by atoms with Crippen LogP contribution in [0.15, 0.2) is 18.2 Å². The van der Waals surface area contributed by atoms with Gasteiger partial charge in [-0.1, -0.05) is 53.5 Å². The maximum Gasteiger partial charge on any atom is 0.135 e. The van der Waals surface area contributed by atoms with Crippen LogP contribution < -0.4 is 10.1 Å². The van der Waals surface area contributed by atoms with Crippen LogP contribution in [0.25, 0.3) is 0 Å². The van der Waals surface area contributed by atoms with E-state index in [9.17, 15) is 14.4 Å². The summed E-state index contributed by atoms with van der Waals surface area (Å²) in [5.41, 5.74) is 2.61. The van der Waals surface area contributed by atoms with E-state index < -0.39 is 0 Å². The maximum atomic E-state index is 11.2. The van der Waals surface area contributed by atoms with Crippen molar-refractivity contribution in [2.75, 3.05) is 59.5 Å². The van der Waals surface area contributed by atoms with Crippen molar-refractivity contribution in [3.05, 3.63) is 29.3 Å². The molecule has 7 heteroatoms. The monoisotopic (exact) mass is 620 g/mol. The average molecular weight is 620 g/mol. The summed E-state index contributed by atoms with van der Waals surface area (Å²) in [5, 5.41) is 3.45. The highest BCUT2D eigenvalue weighted by Gasteiger charge is 2.12. The number of ketones is 3. The first-order chi connectivity index (χ1) is 20.9. The summed E-state index contributed by atoms with van der Waals surface area (Å²) in [6, 6.07) is 6.31. The van der Waals surface area contributed by atoms with Crippen molar-refractivity contribution in [3.8, 4) is 5.75 Å². The second kappa shape index (κ2) is 29.6. The predicted molar refractivity (Wildman–Crippen MR) is 188 cm³/mol. The molecule has 1 atom stereocenters. The van der Waals surface area contributed by atoms with Gasteiger partial charge >= 0.3 is 0 Å². The first kappa shape index (κ1) is 44.0. The lowest BCUT2D eigenvalue weighted by atomic mass is 9.97. The fourth-order valence-electron chi connectivity index (χ4n) is 4.10. The summed E-state index contributed by atoms with van der Waals surface area (Å²) >= 11 is 0. The SMILES string of the molecule is CCCC.CCCC(=O)C(C)CCC(C)=O.CCCC(C)=O.Cc1ccc(OCCN(C)CCN2CCCNCC2)cc1C. The number of rotatable bonds is 16. The van der Waals surface area contributed by atoms with Crippen LogP contribution >= 0.6 is 0 Å². The Morgan fingerprint density at radius 2 is 1.50 bits per heavy atom. The van der Waals surface area contributed by atoms with Crippen LogP contribution in [0.1, 0.15) is 117 Å². The highest BCUT2D eigenvalue weighted by molar-refractivity contribution is 5.81. The lowest BCUT2D eigenvalue weighted by Crippen LogP contribution is -2.36. The zero-order valence-electron chi connectivity index (χ0n) is 30.4. The van der Waals surface area contributed by atoms with Crippen LogP contribution in [0.2, 0.25) is 0 Å². The van der Waals surface area contributed by atoms with Gasteiger partial charge in [-0.2, -0.15) is 0 Å². The van der Waals surface area contributed by atoms with Gasteiger partial charge in [-0.3, -0.25) is 4.79 Å². The van der Waals surface area contributed by atoms with E-state index in [2.05, 4.69) is 68.1 Å². The topological polar surface area (TPSA) is 79.0 Å². The predicted octanol–water partition coefficient (Wildman–Crippen LogP) is 7.45. The Hall–Kier alpha value is -2.09. The molecule has 2 rings (SSSR count). The van der Waals surface area contributed by atoms with Gasteiger partial charge in [-0.25, -0.2) is 0 Å². The Kier molecular flexibility index (Phi) is 29.6. The van der Waals surface area contributed by atoms with E-state index in [1.54, 1.807) is 13.8 Å². The molecule has 1 heterocycles. The molecule has 1 N–H and O–H groups in total. The first-order valence-corrected chi connectivity index (χ1v) is 17.2. The number of ether oxygens (including phenoxy) is 1. The number of nitrogens with one attached hydrogen (secondary N) is 1. The molecule has 1 aliphatic rings. The van der Waals surface area contributed by atoms with Crippen LogP contribution in [0.3, 0.4) is 0 Å². The van der Waals surface area contributed by atoms with Crippen LogP contribution in [0, 0.1) is 19.8 Å². The molecular weight excluding hydrogens is 550 g/mol. The van der Waals surface area contributed by atoms with Crippen molar-refractivity contribution in [2.24, 2.45) is 5.92 Å². The molecule has 0 spiro atoms. The second-order valence-electron chi connectivity index (χ2n) is 12.2. The minimum atomic E-state index is 0.0637. The number of carbonyl (C=O) groups is 3. The number of hydrogen-bond acceptors (Lipinski definition) is 7. The third-order valence-electron chi connectivity index (χ3n) is 7.53. The number of nitrogens with zero attached hydrogens (tertiary/aromatic N) is 2. The number of carbonyl (C=O) groups excluding carboxylic acids is 3. The van der Waals surface area contributed by atoms with E-state index in [4.69, 9.17) is 4.74 Å². The number of unbranched alkanes of at least 4 members (excludes halogenated alkanes) is 1. The third kappa shape index (κ3) is 27.5. The van der Waals surface area contributed by atoms with Crippen molar-refractivity contribution in [1.29, 1.82) is 0 Å². The number of Topliss-reactive ketones (excluding diaryl/α,β-unsaturated/α-hetero) is 3. The van der Waals surface area contributed by atoms with Gasteiger partial charge in [0.25, 0.3) is 0 Å². The average Bonchev–Trinajstić information content (AvgIpc) is 3.26. The van der Waals surface area contributed by atoms with E-state index in [1.807, 2.05) is 20.8 Å². The molecular formula is C37H69N3O4. The fourth-order valence-corrected chi connectivity index (χ4v) is 4.10. The van der Waals surface area contributed by atoms with Crippen molar-refractivity contribution in [1.82, 2.24) is 15.1 Å². The standard InChI is InChI=1S/C18H31N3O.C10H18O2.C5H10O.C4H10/c1-16-5-6-18(15-17(16)2)22-14-13-20(3)11-12-21-9-4-7-19-8-10-21;1-4-5-10(12)8(2)6-7-9(3)11;1-3-4-5(2)6;1-3-4-2/h5-6,15,19H,4,7-14H2,1-3H3;8H,4-7H2,1-3H3;3-4H2,1-2H3;3-4H2,1-2H3. The number of benzene rings is 1. The fraction of sp³-hybridized carbons (Fsp3) is 0.757. The quantitative estimate of drug-likeness (QED) is 0.206. The zero-order chi connectivity index (χ0) is 33.8. The highest BCUT2D eigenvalue weighted by atomic mass is 16.5. The highest BCUT2D eigenvalue weighted by Crippen LogP contribution is 2.16. The van der Waals surface area contributed by atoms with E-state index in [-0.39, 0.29) is 17.5 Å². The summed E-state index contributed by atoms with van der Waals surface area (Å²) in [6.45, 7) is 26.4. The van der Waals surface area contributed by atoms with Gasteiger partial charge in [0.15, 0.2) is 0 Å². The van der Waals surface area contributed by atoms with Gasteiger partial charge in [0.1, 0.15) is 29.7 Å². The molecule has 1 unspecified atom stereocenters.